The Labute approximate surface area is 140 Å². The zero-order valence-electron chi connectivity index (χ0n) is 12.1. The van der Waals surface area contributed by atoms with E-state index in [-0.39, 0.29) is 24.0 Å². The lowest BCUT2D eigenvalue weighted by molar-refractivity contribution is -0.385. The Kier molecular flexibility index (Phi) is 5.78. The number of nitrogens with zero attached hydrogens (tertiary/aromatic N) is 1. The van der Waals surface area contributed by atoms with Crippen LogP contribution in [0.2, 0.25) is 4.34 Å². The molecular weight excluding hydrogens is 344 g/mol. The van der Waals surface area contributed by atoms with E-state index in [9.17, 15) is 14.9 Å². The predicted molar refractivity (Wildman–Crippen MR) is 86.3 cm³/mol. The van der Waals surface area contributed by atoms with E-state index >= 15 is 0 Å². The molecule has 0 saturated heterocycles. The number of hydrogen-bond acceptors (Lipinski definition) is 6. The number of nitrogens with one attached hydrogen (secondary N) is 1. The Balaban J connectivity index is 1.92. The number of amides is 1. The van der Waals surface area contributed by atoms with E-state index in [4.69, 9.17) is 21.1 Å². The minimum Gasteiger partial charge on any atom is -0.496 e. The topological polar surface area (TPSA) is 90.7 Å². The molecule has 1 N–H and O–H groups in total. The summed E-state index contributed by atoms with van der Waals surface area (Å²) in [6.07, 6.45) is 0. The second kappa shape index (κ2) is 7.80. The first-order valence-electron chi connectivity index (χ1n) is 6.45. The quantitative estimate of drug-likeness (QED) is 0.608. The normalized spacial score (nSPS) is 10.2. The minimum absolute atomic E-state index is 0.00474. The van der Waals surface area contributed by atoms with Gasteiger partial charge in [-0.2, -0.15) is 0 Å². The van der Waals surface area contributed by atoms with Crippen LogP contribution in [0.5, 0.6) is 11.5 Å². The average molecular weight is 357 g/mol. The van der Waals surface area contributed by atoms with Crippen molar-refractivity contribution in [2.75, 3.05) is 13.7 Å². The molecule has 23 heavy (non-hydrogen) atoms. The summed E-state index contributed by atoms with van der Waals surface area (Å²) < 4.78 is 10.8. The maximum absolute atomic E-state index is 11.7. The molecule has 0 aliphatic heterocycles. The third-order valence-electron chi connectivity index (χ3n) is 2.81. The van der Waals surface area contributed by atoms with Crippen LogP contribution in [0.25, 0.3) is 0 Å². The summed E-state index contributed by atoms with van der Waals surface area (Å²) in [4.78, 5) is 23.1. The highest BCUT2D eigenvalue weighted by atomic mass is 35.5. The van der Waals surface area contributed by atoms with Gasteiger partial charge in [-0.1, -0.05) is 11.6 Å². The fourth-order valence-corrected chi connectivity index (χ4v) is 2.74. The lowest BCUT2D eigenvalue weighted by atomic mass is 10.3. The highest BCUT2D eigenvalue weighted by molar-refractivity contribution is 7.16. The number of halogens is 1. The molecule has 0 atom stereocenters. The number of nitro groups is 1. The number of thiophene rings is 1. The van der Waals surface area contributed by atoms with Crippen molar-refractivity contribution in [1.82, 2.24) is 5.32 Å². The van der Waals surface area contributed by atoms with E-state index in [2.05, 4.69) is 5.32 Å². The number of hydrogen-bond donors (Lipinski definition) is 1. The largest absolute Gasteiger partial charge is 0.496 e. The fourth-order valence-electron chi connectivity index (χ4n) is 1.72. The number of rotatable bonds is 7. The van der Waals surface area contributed by atoms with Crippen LogP contribution in [0.1, 0.15) is 4.88 Å². The van der Waals surface area contributed by atoms with Gasteiger partial charge in [-0.05, 0) is 24.3 Å². The maximum atomic E-state index is 11.7. The van der Waals surface area contributed by atoms with Crippen molar-refractivity contribution in [1.29, 1.82) is 0 Å². The van der Waals surface area contributed by atoms with Gasteiger partial charge in [0.15, 0.2) is 12.4 Å². The molecule has 2 rings (SSSR count). The van der Waals surface area contributed by atoms with Crippen molar-refractivity contribution in [2.45, 2.75) is 6.54 Å². The molecule has 0 aliphatic rings. The van der Waals surface area contributed by atoms with Gasteiger partial charge in [-0.25, -0.2) is 0 Å². The molecule has 0 aliphatic carbocycles. The SMILES string of the molecule is COc1ccc(OCC(=O)NCc2ccc(Cl)s2)c([N+](=O)[O-])c1. The number of carbonyl (C=O) groups excluding carboxylic acids is 1. The second-order valence-electron chi connectivity index (χ2n) is 4.36. The van der Waals surface area contributed by atoms with Crippen molar-refractivity contribution in [3.8, 4) is 11.5 Å². The van der Waals surface area contributed by atoms with Gasteiger partial charge in [-0.3, -0.25) is 14.9 Å². The molecule has 0 unspecified atom stereocenters. The summed E-state index contributed by atoms with van der Waals surface area (Å²) in [5.41, 5.74) is -0.262. The van der Waals surface area contributed by atoms with Crippen molar-refractivity contribution >= 4 is 34.5 Å². The molecule has 1 aromatic carbocycles. The maximum Gasteiger partial charge on any atom is 0.314 e. The molecule has 1 heterocycles. The first-order chi connectivity index (χ1) is 11.0. The first-order valence-corrected chi connectivity index (χ1v) is 7.65. The van der Waals surface area contributed by atoms with Gasteiger partial charge in [0.05, 0.1) is 29.0 Å². The van der Waals surface area contributed by atoms with E-state index in [1.165, 1.54) is 36.6 Å². The molecular formula is C14H13ClN2O5S. The Morgan fingerprint density at radius 1 is 1.39 bits per heavy atom. The number of methoxy groups -OCH3 is 1. The van der Waals surface area contributed by atoms with Gasteiger partial charge in [-0.15, -0.1) is 11.3 Å². The number of benzene rings is 1. The van der Waals surface area contributed by atoms with Crippen LogP contribution in [0.4, 0.5) is 5.69 Å². The summed E-state index contributed by atoms with van der Waals surface area (Å²) in [5.74, 6) is -0.0483. The molecule has 0 saturated carbocycles. The Hall–Kier alpha value is -2.32. The van der Waals surface area contributed by atoms with Gasteiger partial charge in [0.1, 0.15) is 5.75 Å². The van der Waals surface area contributed by atoms with Gasteiger partial charge in [0, 0.05) is 4.88 Å². The molecule has 0 radical (unpaired) electrons. The lowest BCUT2D eigenvalue weighted by Gasteiger charge is -2.08. The summed E-state index contributed by atoms with van der Waals surface area (Å²) in [5, 5.41) is 13.7. The Morgan fingerprint density at radius 2 is 2.17 bits per heavy atom. The van der Waals surface area contributed by atoms with Crippen molar-refractivity contribution < 1.29 is 19.2 Å². The average Bonchev–Trinajstić information content (AvgIpc) is 2.96. The third-order valence-corrected chi connectivity index (χ3v) is 4.04. The molecule has 122 valence electrons. The Morgan fingerprint density at radius 3 is 2.78 bits per heavy atom. The number of ether oxygens (including phenoxy) is 2. The molecule has 1 amide bonds. The van der Waals surface area contributed by atoms with Crippen LogP contribution in [0, 0.1) is 10.1 Å². The van der Waals surface area contributed by atoms with Crippen molar-refractivity contribution in [2.24, 2.45) is 0 Å². The van der Waals surface area contributed by atoms with E-state index < -0.39 is 4.92 Å². The standard InChI is InChI=1S/C14H13ClN2O5S/c1-21-9-2-4-12(11(6-9)17(19)20)22-8-14(18)16-7-10-3-5-13(15)23-10/h2-6H,7-8H2,1H3,(H,16,18). The van der Waals surface area contributed by atoms with Gasteiger partial charge >= 0.3 is 5.69 Å². The van der Waals surface area contributed by atoms with Crippen molar-refractivity contribution in [3.63, 3.8) is 0 Å². The first kappa shape index (κ1) is 17.0. The van der Waals surface area contributed by atoms with E-state index in [0.717, 1.165) is 4.88 Å². The molecule has 2 aromatic rings. The van der Waals surface area contributed by atoms with Gasteiger partial charge in [0.25, 0.3) is 5.91 Å². The lowest BCUT2D eigenvalue weighted by Crippen LogP contribution is -2.28. The van der Waals surface area contributed by atoms with Crippen molar-refractivity contribution in [3.05, 3.63) is 49.7 Å². The van der Waals surface area contributed by atoms with Crippen LogP contribution in [0.15, 0.2) is 30.3 Å². The summed E-state index contributed by atoms with van der Waals surface area (Å²) in [6, 6.07) is 7.70. The van der Waals surface area contributed by atoms with Crippen LogP contribution >= 0.6 is 22.9 Å². The van der Waals surface area contributed by atoms with Gasteiger partial charge < -0.3 is 14.8 Å². The number of nitro benzene ring substituents is 1. The minimum atomic E-state index is -0.594. The second-order valence-corrected chi connectivity index (χ2v) is 6.16. The monoisotopic (exact) mass is 356 g/mol. The Bertz CT molecular complexity index is 719. The molecule has 7 nitrogen and oxygen atoms in total. The van der Waals surface area contributed by atoms with E-state index in [1.807, 2.05) is 6.07 Å². The van der Waals surface area contributed by atoms with Crippen LogP contribution in [-0.2, 0) is 11.3 Å². The van der Waals surface area contributed by atoms with Crippen LogP contribution in [-0.4, -0.2) is 24.5 Å². The predicted octanol–water partition coefficient (Wildman–Crippen LogP) is 3.01. The molecule has 9 heteroatoms. The molecule has 0 bridgehead atoms. The fraction of sp³-hybridized carbons (Fsp3) is 0.214. The van der Waals surface area contributed by atoms with Crippen LogP contribution in [0.3, 0.4) is 0 Å². The van der Waals surface area contributed by atoms with E-state index in [1.54, 1.807) is 6.07 Å². The zero-order chi connectivity index (χ0) is 16.8. The smallest absolute Gasteiger partial charge is 0.314 e. The van der Waals surface area contributed by atoms with Crippen LogP contribution < -0.4 is 14.8 Å². The molecule has 0 fully saturated rings. The van der Waals surface area contributed by atoms with Gasteiger partial charge in [0.2, 0.25) is 0 Å². The third kappa shape index (κ3) is 4.83. The molecule has 1 aromatic heterocycles. The highest BCUT2D eigenvalue weighted by Gasteiger charge is 2.17. The zero-order valence-corrected chi connectivity index (χ0v) is 13.6. The highest BCUT2D eigenvalue weighted by Crippen LogP contribution is 2.30. The molecule has 0 spiro atoms. The number of carbonyl (C=O) groups is 1. The summed E-state index contributed by atoms with van der Waals surface area (Å²) in [7, 11) is 1.41. The summed E-state index contributed by atoms with van der Waals surface area (Å²) >= 11 is 7.16. The summed E-state index contributed by atoms with van der Waals surface area (Å²) in [6.45, 7) is -0.00341. The van der Waals surface area contributed by atoms with E-state index in [0.29, 0.717) is 16.6 Å².